The largest absolute Gasteiger partial charge is 0.478 e. The third-order valence-corrected chi connectivity index (χ3v) is 2.90. The summed E-state index contributed by atoms with van der Waals surface area (Å²) in [5.41, 5.74) is -0.145. The molecule has 0 amide bonds. The number of benzene rings is 1. The van der Waals surface area contributed by atoms with Crippen molar-refractivity contribution in [1.29, 1.82) is 10.5 Å². The molecule has 1 aromatic rings. The lowest BCUT2D eigenvalue weighted by molar-refractivity contribution is 0.0698. The molecular weight excluding hydrogens is 321 g/mol. The molecule has 1 rings (SSSR count). The van der Waals surface area contributed by atoms with Crippen LogP contribution >= 0.6 is 27.5 Å². The predicted octanol–water partition coefficient (Wildman–Crippen LogP) is 3.14. The van der Waals surface area contributed by atoms with E-state index in [1.165, 1.54) is 6.07 Å². The average molecular weight is 327 g/mol. The van der Waals surface area contributed by atoms with Gasteiger partial charge in [-0.15, -0.1) is 0 Å². The third kappa shape index (κ3) is 3.01. The molecule has 90 valence electrons. The maximum Gasteiger partial charge on any atom is 0.339 e. The van der Waals surface area contributed by atoms with Gasteiger partial charge in [0.15, 0.2) is 0 Å². The Balaban J connectivity index is 3.30. The number of nitrogens with one attached hydrogen (secondary N) is 1. The molecule has 0 saturated heterocycles. The maximum absolute atomic E-state index is 11.1. The molecule has 0 spiro atoms. The summed E-state index contributed by atoms with van der Waals surface area (Å²) >= 11 is 8.95. The van der Waals surface area contributed by atoms with Gasteiger partial charge in [0.1, 0.15) is 23.3 Å². The van der Waals surface area contributed by atoms with E-state index in [2.05, 4.69) is 21.2 Å². The number of nitriles is 2. The zero-order valence-corrected chi connectivity index (χ0v) is 11.1. The second-order valence-corrected chi connectivity index (χ2v) is 4.27. The number of hydrogen-bond donors (Lipinski definition) is 2. The molecule has 7 heteroatoms. The average Bonchev–Trinajstić information content (AvgIpc) is 2.34. The van der Waals surface area contributed by atoms with Gasteiger partial charge in [-0.05, 0) is 28.1 Å². The summed E-state index contributed by atoms with van der Waals surface area (Å²) in [5.74, 6) is -1.22. The minimum atomic E-state index is -1.22. The van der Waals surface area contributed by atoms with Crippen molar-refractivity contribution in [2.24, 2.45) is 0 Å². The van der Waals surface area contributed by atoms with Gasteiger partial charge in [0, 0.05) is 10.7 Å². The van der Waals surface area contributed by atoms with E-state index in [-0.39, 0.29) is 21.8 Å². The molecule has 2 N–H and O–H groups in total. The Kier molecular flexibility index (Phi) is 4.73. The fourth-order valence-corrected chi connectivity index (χ4v) is 1.82. The molecule has 0 aliphatic rings. The van der Waals surface area contributed by atoms with Crippen LogP contribution < -0.4 is 5.32 Å². The molecule has 18 heavy (non-hydrogen) atoms. The van der Waals surface area contributed by atoms with Gasteiger partial charge in [-0.1, -0.05) is 11.6 Å². The molecule has 1 aromatic carbocycles. The van der Waals surface area contributed by atoms with E-state index in [9.17, 15) is 4.79 Å². The Bertz CT molecular complexity index is 598. The lowest BCUT2D eigenvalue weighted by atomic mass is 10.1. The minimum absolute atomic E-state index is 0.0528. The van der Waals surface area contributed by atoms with Crippen molar-refractivity contribution >= 4 is 39.2 Å². The highest BCUT2D eigenvalue weighted by atomic mass is 79.9. The SMILES string of the molecule is N#CC(C#N)=CNc1c(Br)ccc(Cl)c1C(=O)O. The zero-order valence-electron chi connectivity index (χ0n) is 8.74. The van der Waals surface area contributed by atoms with Crippen molar-refractivity contribution < 1.29 is 9.90 Å². The van der Waals surface area contributed by atoms with E-state index in [0.717, 1.165) is 6.20 Å². The molecule has 0 aromatic heterocycles. The smallest absolute Gasteiger partial charge is 0.339 e. The number of anilines is 1. The van der Waals surface area contributed by atoms with E-state index in [4.69, 9.17) is 27.2 Å². The van der Waals surface area contributed by atoms with Crippen LogP contribution in [0.4, 0.5) is 5.69 Å². The van der Waals surface area contributed by atoms with Crippen molar-refractivity contribution in [2.75, 3.05) is 5.32 Å². The van der Waals surface area contributed by atoms with Gasteiger partial charge in [0.25, 0.3) is 0 Å². The second-order valence-electron chi connectivity index (χ2n) is 3.01. The Morgan fingerprint density at radius 2 is 2.06 bits per heavy atom. The summed E-state index contributed by atoms with van der Waals surface area (Å²) in [6, 6.07) is 6.28. The van der Waals surface area contributed by atoms with E-state index >= 15 is 0 Å². The van der Waals surface area contributed by atoms with Gasteiger partial charge in [-0.2, -0.15) is 10.5 Å². The Labute approximate surface area is 116 Å². The van der Waals surface area contributed by atoms with Crippen LogP contribution in [0, 0.1) is 22.7 Å². The summed E-state index contributed by atoms with van der Waals surface area (Å²) in [4.78, 5) is 11.1. The molecule has 0 aliphatic carbocycles. The van der Waals surface area contributed by atoms with Crippen molar-refractivity contribution in [3.63, 3.8) is 0 Å². The van der Waals surface area contributed by atoms with Gasteiger partial charge in [0.2, 0.25) is 0 Å². The number of nitrogens with zero attached hydrogens (tertiary/aromatic N) is 2. The number of allylic oxidation sites excluding steroid dienone is 1. The van der Waals surface area contributed by atoms with Crippen molar-refractivity contribution in [3.05, 3.63) is 39.0 Å². The Morgan fingerprint density at radius 3 is 2.56 bits per heavy atom. The normalized spacial score (nSPS) is 8.89. The van der Waals surface area contributed by atoms with Crippen molar-refractivity contribution in [1.82, 2.24) is 0 Å². The number of carboxylic acid groups (broad SMARTS) is 1. The van der Waals surface area contributed by atoms with Crippen molar-refractivity contribution in [3.8, 4) is 12.1 Å². The first kappa shape index (κ1) is 14.0. The predicted molar refractivity (Wildman–Crippen MR) is 69.0 cm³/mol. The number of hydrogen-bond acceptors (Lipinski definition) is 4. The summed E-state index contributed by atoms with van der Waals surface area (Å²) in [6.07, 6.45) is 1.11. The first-order valence-corrected chi connectivity index (χ1v) is 5.66. The first-order chi connectivity index (χ1) is 8.51. The number of aromatic carboxylic acids is 1. The monoisotopic (exact) mass is 325 g/mol. The summed E-state index contributed by atoms with van der Waals surface area (Å²) < 4.78 is 0.454. The molecule has 0 atom stereocenters. The van der Waals surface area contributed by atoms with E-state index in [1.807, 2.05) is 0 Å². The molecule has 0 bridgehead atoms. The number of carbonyl (C=O) groups is 1. The van der Waals surface area contributed by atoms with E-state index in [0.29, 0.717) is 4.47 Å². The lowest BCUT2D eigenvalue weighted by Gasteiger charge is -2.09. The van der Waals surface area contributed by atoms with Crippen LogP contribution in [0.2, 0.25) is 5.02 Å². The highest BCUT2D eigenvalue weighted by Gasteiger charge is 2.16. The van der Waals surface area contributed by atoms with Crippen LogP contribution in [0.25, 0.3) is 0 Å². The molecule has 0 aliphatic heterocycles. The van der Waals surface area contributed by atoms with E-state index in [1.54, 1.807) is 18.2 Å². The summed E-state index contributed by atoms with van der Waals surface area (Å²) in [6.45, 7) is 0. The second kappa shape index (κ2) is 6.06. The number of halogens is 2. The number of rotatable bonds is 3. The van der Waals surface area contributed by atoms with Gasteiger partial charge in [0.05, 0.1) is 10.7 Å². The molecular formula is C11H5BrClN3O2. The van der Waals surface area contributed by atoms with Gasteiger partial charge >= 0.3 is 5.97 Å². The number of carboxylic acids is 1. The van der Waals surface area contributed by atoms with Gasteiger partial charge < -0.3 is 10.4 Å². The molecule has 0 radical (unpaired) electrons. The van der Waals surface area contributed by atoms with Crippen LogP contribution in [0.5, 0.6) is 0 Å². The standard InChI is InChI=1S/C11H5BrClN3O2/c12-7-1-2-8(13)9(11(17)18)10(7)16-5-6(3-14)4-15/h1-2,5,16H,(H,17,18). The van der Waals surface area contributed by atoms with Crippen LogP contribution in [-0.2, 0) is 0 Å². The van der Waals surface area contributed by atoms with Crippen LogP contribution in [0.3, 0.4) is 0 Å². The van der Waals surface area contributed by atoms with Gasteiger partial charge in [-0.3, -0.25) is 0 Å². The van der Waals surface area contributed by atoms with Crippen LogP contribution in [-0.4, -0.2) is 11.1 Å². The minimum Gasteiger partial charge on any atom is -0.478 e. The lowest BCUT2D eigenvalue weighted by Crippen LogP contribution is -2.04. The third-order valence-electron chi connectivity index (χ3n) is 1.92. The van der Waals surface area contributed by atoms with Crippen molar-refractivity contribution in [2.45, 2.75) is 0 Å². The Hall–Kier alpha value is -2.02. The molecule has 0 saturated carbocycles. The highest BCUT2D eigenvalue weighted by Crippen LogP contribution is 2.32. The zero-order chi connectivity index (χ0) is 13.7. The summed E-state index contributed by atoms with van der Waals surface area (Å²) in [7, 11) is 0. The highest BCUT2D eigenvalue weighted by molar-refractivity contribution is 9.10. The fraction of sp³-hybridized carbons (Fsp3) is 0. The van der Waals surface area contributed by atoms with Crippen LogP contribution in [0.1, 0.15) is 10.4 Å². The van der Waals surface area contributed by atoms with E-state index < -0.39 is 5.97 Å². The topological polar surface area (TPSA) is 96.9 Å². The van der Waals surface area contributed by atoms with Gasteiger partial charge in [-0.25, -0.2) is 4.79 Å². The fourth-order valence-electron chi connectivity index (χ4n) is 1.14. The molecule has 0 heterocycles. The first-order valence-electron chi connectivity index (χ1n) is 4.49. The summed E-state index contributed by atoms with van der Waals surface area (Å²) in [5, 5.41) is 28.8. The maximum atomic E-state index is 11.1. The Morgan fingerprint density at radius 1 is 1.44 bits per heavy atom. The molecule has 5 nitrogen and oxygen atoms in total. The molecule has 0 fully saturated rings. The molecule has 0 unspecified atom stereocenters. The van der Waals surface area contributed by atoms with Crippen LogP contribution in [0.15, 0.2) is 28.4 Å². The quantitative estimate of drug-likeness (QED) is 0.832.